The normalized spacial score (nSPS) is 31.9. The number of hydrogen-bond acceptors (Lipinski definition) is 5. The van der Waals surface area contributed by atoms with Crippen LogP contribution in [-0.4, -0.2) is 34.3 Å². The van der Waals surface area contributed by atoms with E-state index in [2.05, 4.69) is 19.8 Å². The molecular weight excluding hydrogens is 328 g/mol. The number of carbonyl (C=O) groups excluding carboxylic acids is 1. The summed E-state index contributed by atoms with van der Waals surface area (Å²) in [7, 11) is 1.38. The van der Waals surface area contributed by atoms with Gasteiger partial charge in [0.15, 0.2) is 0 Å². The van der Waals surface area contributed by atoms with E-state index in [-0.39, 0.29) is 23.1 Å². The molecule has 1 aliphatic carbocycles. The van der Waals surface area contributed by atoms with Gasteiger partial charge >= 0.3 is 5.97 Å². The van der Waals surface area contributed by atoms with E-state index >= 15 is 0 Å². The molecule has 2 rings (SSSR count). The standard InChI is InChI=1S/C18H26O3S2/c1-5-6-7-8-13-15(16(20)21-4)14(19)11-12(2)18(13,3)17-22-9-10-23-17/h1,12-13,17,19H,6-11H2,2-4H3/t12-,13+,18+/m0/s1. The number of esters is 1. The van der Waals surface area contributed by atoms with Crippen molar-refractivity contribution in [2.45, 2.75) is 44.1 Å². The molecule has 2 aliphatic rings. The van der Waals surface area contributed by atoms with Crippen LogP contribution in [0.4, 0.5) is 0 Å². The lowest BCUT2D eigenvalue weighted by atomic mass is 9.60. The van der Waals surface area contributed by atoms with Crippen LogP contribution >= 0.6 is 23.5 Å². The largest absolute Gasteiger partial charge is 0.512 e. The minimum absolute atomic E-state index is 0.00449. The average molecular weight is 355 g/mol. The summed E-state index contributed by atoms with van der Waals surface area (Å²) in [5, 5.41) is 10.5. The number of methoxy groups -OCH3 is 1. The van der Waals surface area contributed by atoms with Gasteiger partial charge in [-0.25, -0.2) is 4.79 Å². The van der Waals surface area contributed by atoms with E-state index in [1.54, 1.807) is 0 Å². The third-order valence-electron chi connectivity index (χ3n) is 5.32. The van der Waals surface area contributed by atoms with Gasteiger partial charge in [0.2, 0.25) is 0 Å². The molecule has 1 heterocycles. The first-order valence-corrected chi connectivity index (χ1v) is 10.2. The van der Waals surface area contributed by atoms with E-state index in [1.807, 2.05) is 23.5 Å². The van der Waals surface area contributed by atoms with E-state index in [9.17, 15) is 9.90 Å². The maximum atomic E-state index is 12.3. The Labute approximate surface area is 148 Å². The van der Waals surface area contributed by atoms with Gasteiger partial charge in [0.05, 0.1) is 17.3 Å². The molecule has 3 nitrogen and oxygen atoms in total. The van der Waals surface area contributed by atoms with E-state index in [1.165, 1.54) is 7.11 Å². The number of rotatable bonds is 5. The van der Waals surface area contributed by atoms with Crippen LogP contribution in [0, 0.1) is 29.6 Å². The monoisotopic (exact) mass is 354 g/mol. The van der Waals surface area contributed by atoms with Crippen molar-refractivity contribution in [3.05, 3.63) is 11.3 Å². The number of carbonyl (C=O) groups is 1. The van der Waals surface area contributed by atoms with Crippen molar-refractivity contribution in [1.82, 2.24) is 0 Å². The molecule has 0 unspecified atom stereocenters. The molecule has 1 fully saturated rings. The zero-order valence-corrected chi connectivity index (χ0v) is 15.8. The average Bonchev–Trinajstić information content (AvgIpc) is 3.06. The van der Waals surface area contributed by atoms with Crippen molar-refractivity contribution in [2.24, 2.45) is 17.3 Å². The van der Waals surface area contributed by atoms with E-state index < -0.39 is 0 Å². The fraction of sp³-hybridized carbons (Fsp3) is 0.722. The molecule has 1 N–H and O–H groups in total. The quantitative estimate of drug-likeness (QED) is 0.454. The number of terminal acetylenes is 1. The van der Waals surface area contributed by atoms with E-state index in [4.69, 9.17) is 11.2 Å². The van der Waals surface area contributed by atoms with Crippen molar-refractivity contribution in [3.8, 4) is 12.3 Å². The fourth-order valence-electron chi connectivity index (χ4n) is 3.82. The molecule has 0 saturated carbocycles. The fourth-order valence-corrected chi connectivity index (χ4v) is 7.49. The molecule has 23 heavy (non-hydrogen) atoms. The van der Waals surface area contributed by atoms with Crippen LogP contribution in [0.2, 0.25) is 0 Å². The summed E-state index contributed by atoms with van der Waals surface area (Å²) >= 11 is 3.97. The molecule has 128 valence electrons. The van der Waals surface area contributed by atoms with Crippen molar-refractivity contribution in [3.63, 3.8) is 0 Å². The van der Waals surface area contributed by atoms with Crippen molar-refractivity contribution in [1.29, 1.82) is 0 Å². The van der Waals surface area contributed by atoms with Crippen LogP contribution in [0.5, 0.6) is 0 Å². The first-order valence-electron chi connectivity index (χ1n) is 8.13. The summed E-state index contributed by atoms with van der Waals surface area (Å²) in [6.45, 7) is 4.47. The first-order chi connectivity index (χ1) is 11.0. The molecular formula is C18H26O3S2. The molecule has 0 aromatic carbocycles. The zero-order valence-electron chi connectivity index (χ0n) is 14.1. The molecule has 1 saturated heterocycles. The lowest BCUT2D eigenvalue weighted by molar-refractivity contribution is -0.138. The van der Waals surface area contributed by atoms with Crippen LogP contribution in [0.25, 0.3) is 0 Å². The van der Waals surface area contributed by atoms with E-state index in [0.29, 0.717) is 28.9 Å². The van der Waals surface area contributed by atoms with Crippen LogP contribution < -0.4 is 0 Å². The Balaban J connectivity index is 2.41. The smallest absolute Gasteiger partial charge is 0.337 e. The van der Waals surface area contributed by atoms with Crippen molar-refractivity contribution >= 4 is 29.5 Å². The Morgan fingerprint density at radius 2 is 2.13 bits per heavy atom. The molecule has 0 amide bonds. The third-order valence-corrected chi connectivity index (χ3v) is 8.90. The molecule has 1 aliphatic heterocycles. The van der Waals surface area contributed by atoms with Gasteiger partial charge in [0.1, 0.15) is 5.76 Å². The predicted molar refractivity (Wildman–Crippen MR) is 98.4 cm³/mol. The van der Waals surface area contributed by atoms with Crippen molar-refractivity contribution < 1.29 is 14.6 Å². The Kier molecular flexibility index (Phi) is 6.39. The Morgan fingerprint density at radius 3 is 2.70 bits per heavy atom. The highest BCUT2D eigenvalue weighted by Crippen LogP contribution is 2.58. The van der Waals surface area contributed by atoms with Gasteiger partial charge in [-0.1, -0.05) is 13.8 Å². The second kappa shape index (κ2) is 7.90. The summed E-state index contributed by atoms with van der Waals surface area (Å²) in [6.07, 6.45) is 8.32. The molecule has 0 aromatic heterocycles. The number of aliphatic hydroxyl groups excluding tert-OH is 1. The van der Waals surface area contributed by atoms with Gasteiger partial charge in [0.25, 0.3) is 0 Å². The molecule has 0 aromatic rings. The maximum absolute atomic E-state index is 12.3. The Bertz CT molecular complexity index is 517. The molecule has 0 radical (unpaired) electrons. The summed E-state index contributed by atoms with van der Waals surface area (Å²) in [5.74, 6) is 5.11. The van der Waals surface area contributed by atoms with Gasteiger partial charge in [-0.3, -0.25) is 0 Å². The van der Waals surface area contributed by atoms with E-state index in [0.717, 1.165) is 24.3 Å². The second-order valence-corrected chi connectivity index (χ2v) is 9.27. The zero-order chi connectivity index (χ0) is 17.0. The molecule has 0 bridgehead atoms. The second-order valence-electron chi connectivity index (χ2n) is 6.55. The number of thioether (sulfide) groups is 2. The maximum Gasteiger partial charge on any atom is 0.337 e. The predicted octanol–water partition coefficient (Wildman–Crippen LogP) is 4.24. The van der Waals surface area contributed by atoms with Gasteiger partial charge < -0.3 is 9.84 Å². The third kappa shape index (κ3) is 3.53. The number of aliphatic hydroxyl groups is 1. The van der Waals surface area contributed by atoms with Crippen LogP contribution in [0.15, 0.2) is 11.3 Å². The Hall–Kier alpha value is -0.730. The van der Waals surface area contributed by atoms with Crippen LogP contribution in [-0.2, 0) is 9.53 Å². The summed E-state index contributed by atoms with van der Waals surface area (Å²) in [5.41, 5.74) is 0.439. The summed E-state index contributed by atoms with van der Waals surface area (Å²) in [4.78, 5) is 12.3. The SMILES string of the molecule is C#CCCC[C@@H]1C(C(=O)OC)=C(O)C[C@H](C)[C@@]1(C)C1SCCS1. The number of allylic oxidation sites excluding steroid dienone is 1. The topological polar surface area (TPSA) is 46.5 Å². The highest BCUT2D eigenvalue weighted by Gasteiger charge is 2.53. The van der Waals surface area contributed by atoms with Gasteiger partial charge in [-0.15, -0.1) is 35.9 Å². The van der Waals surface area contributed by atoms with Gasteiger partial charge in [-0.05, 0) is 24.2 Å². The van der Waals surface area contributed by atoms with Crippen LogP contribution in [0.3, 0.4) is 0 Å². The lowest BCUT2D eigenvalue weighted by Gasteiger charge is -2.49. The van der Waals surface area contributed by atoms with Gasteiger partial charge in [-0.2, -0.15) is 0 Å². The van der Waals surface area contributed by atoms with Crippen molar-refractivity contribution in [2.75, 3.05) is 18.6 Å². The minimum Gasteiger partial charge on any atom is -0.512 e. The summed E-state index contributed by atoms with van der Waals surface area (Å²) in [6, 6.07) is 0. The molecule has 0 spiro atoms. The number of hydrogen-bond donors (Lipinski definition) is 1. The van der Waals surface area contributed by atoms with Crippen LogP contribution in [0.1, 0.15) is 39.5 Å². The summed E-state index contributed by atoms with van der Waals surface area (Å²) < 4.78 is 5.42. The number of unbranched alkanes of at least 4 members (excludes halogenated alkanes) is 1. The van der Waals surface area contributed by atoms with Gasteiger partial charge in [0, 0.05) is 30.3 Å². The highest BCUT2D eigenvalue weighted by atomic mass is 32.2. The minimum atomic E-state index is -0.390. The molecule has 5 heteroatoms. The molecule has 3 atom stereocenters. The lowest BCUT2D eigenvalue weighted by Crippen LogP contribution is -2.46. The first kappa shape index (κ1) is 18.6. The number of ether oxygens (including phenoxy) is 1. The highest BCUT2D eigenvalue weighted by molar-refractivity contribution is 8.20. The Morgan fingerprint density at radius 1 is 1.48 bits per heavy atom.